The van der Waals surface area contributed by atoms with E-state index in [-0.39, 0.29) is 17.9 Å². The van der Waals surface area contributed by atoms with E-state index < -0.39 is 0 Å². The molecule has 0 N–H and O–H groups in total. The lowest BCUT2D eigenvalue weighted by Gasteiger charge is -2.21. The molecule has 0 bridgehead atoms. The van der Waals surface area contributed by atoms with Crippen LogP contribution in [0.15, 0.2) is 0 Å². The Morgan fingerprint density at radius 1 is 1.47 bits per heavy atom. The fourth-order valence-electron chi connectivity index (χ4n) is 1.39. The summed E-state index contributed by atoms with van der Waals surface area (Å²) in [7, 11) is 0. The molecule has 1 aliphatic heterocycles. The molecule has 0 saturated carbocycles. The van der Waals surface area contributed by atoms with Crippen molar-refractivity contribution in [1.29, 1.82) is 0 Å². The van der Waals surface area contributed by atoms with Gasteiger partial charge in [0.25, 0.3) is 0 Å². The third kappa shape index (κ3) is 3.12. The monoisotopic (exact) mass is 231 g/mol. The molecule has 0 aromatic carbocycles. The van der Waals surface area contributed by atoms with Crippen molar-refractivity contribution < 1.29 is 14.3 Å². The zero-order valence-electron chi connectivity index (χ0n) is 9.19. The summed E-state index contributed by atoms with van der Waals surface area (Å²) in [5.74, 6) is 1.04. The molecule has 1 amide bonds. The van der Waals surface area contributed by atoms with Crippen LogP contribution in [0.4, 0.5) is 0 Å². The maximum atomic E-state index is 11.6. The third-order valence-corrected chi connectivity index (χ3v) is 3.24. The molecule has 86 valence electrons. The molecule has 1 atom stereocenters. The summed E-state index contributed by atoms with van der Waals surface area (Å²) in [6, 6.07) is -0.367. The van der Waals surface area contributed by atoms with Crippen LogP contribution in [0.5, 0.6) is 0 Å². The number of amides is 1. The number of carbonyl (C=O) groups excluding carboxylic acids is 2. The fourth-order valence-corrected chi connectivity index (χ4v) is 2.55. The van der Waals surface area contributed by atoms with Crippen molar-refractivity contribution in [2.75, 3.05) is 18.2 Å². The molecule has 1 rings (SSSR count). The van der Waals surface area contributed by atoms with Gasteiger partial charge in [0.2, 0.25) is 5.91 Å². The van der Waals surface area contributed by atoms with Crippen LogP contribution >= 0.6 is 11.8 Å². The van der Waals surface area contributed by atoms with Crippen LogP contribution in [0, 0.1) is 0 Å². The van der Waals surface area contributed by atoms with Crippen molar-refractivity contribution in [2.24, 2.45) is 0 Å². The maximum Gasteiger partial charge on any atom is 0.329 e. The Hall–Kier alpha value is -0.710. The lowest BCUT2D eigenvalue weighted by atomic mass is 10.3. The van der Waals surface area contributed by atoms with Gasteiger partial charge in [-0.05, 0) is 6.42 Å². The Kier molecular flexibility index (Phi) is 4.94. The van der Waals surface area contributed by atoms with E-state index in [2.05, 4.69) is 0 Å². The first-order chi connectivity index (χ1) is 7.20. The lowest BCUT2D eigenvalue weighted by Crippen LogP contribution is -2.42. The van der Waals surface area contributed by atoms with Gasteiger partial charge in [-0.1, -0.05) is 13.8 Å². The normalized spacial score (nSPS) is 20.4. The highest BCUT2D eigenvalue weighted by Gasteiger charge is 2.34. The molecule has 0 spiro atoms. The van der Waals surface area contributed by atoms with Crippen LogP contribution in [0.3, 0.4) is 0 Å². The van der Waals surface area contributed by atoms with Crippen molar-refractivity contribution >= 4 is 23.6 Å². The van der Waals surface area contributed by atoms with E-state index >= 15 is 0 Å². The number of rotatable bonds is 4. The molecular formula is C10H17NO3S. The van der Waals surface area contributed by atoms with Gasteiger partial charge in [-0.25, -0.2) is 4.79 Å². The van der Waals surface area contributed by atoms with Crippen molar-refractivity contribution in [2.45, 2.75) is 32.7 Å². The fraction of sp³-hybridized carbons (Fsp3) is 0.800. The summed E-state index contributed by atoms with van der Waals surface area (Å²) in [4.78, 5) is 24.7. The number of carbonyl (C=O) groups is 2. The quantitative estimate of drug-likeness (QED) is 0.683. The smallest absolute Gasteiger partial charge is 0.329 e. The van der Waals surface area contributed by atoms with Crippen molar-refractivity contribution in [3.8, 4) is 0 Å². The standard InChI is InChI=1S/C10H17NO3S/c1-3-5-14-10(13)8-6-15-7-11(8)9(12)4-2/h8H,3-7H2,1-2H3. The second kappa shape index (κ2) is 6.00. The average Bonchev–Trinajstić information content (AvgIpc) is 2.73. The van der Waals surface area contributed by atoms with Gasteiger partial charge in [0.15, 0.2) is 0 Å². The zero-order valence-corrected chi connectivity index (χ0v) is 10.0. The molecule has 1 aliphatic rings. The van der Waals surface area contributed by atoms with E-state index in [0.29, 0.717) is 24.7 Å². The van der Waals surface area contributed by atoms with Crippen LogP contribution in [-0.2, 0) is 14.3 Å². The summed E-state index contributed by atoms with van der Waals surface area (Å²) in [6.07, 6.45) is 1.26. The van der Waals surface area contributed by atoms with Gasteiger partial charge in [0.05, 0.1) is 12.5 Å². The molecule has 0 aliphatic carbocycles. The van der Waals surface area contributed by atoms with Crippen LogP contribution in [0.2, 0.25) is 0 Å². The summed E-state index contributed by atoms with van der Waals surface area (Å²) in [5, 5.41) is 0. The Bertz CT molecular complexity index is 245. The van der Waals surface area contributed by atoms with E-state index in [4.69, 9.17) is 4.74 Å². The molecule has 4 nitrogen and oxygen atoms in total. The average molecular weight is 231 g/mol. The number of ether oxygens (including phenoxy) is 1. The molecule has 0 aromatic heterocycles. The van der Waals surface area contributed by atoms with E-state index in [0.717, 1.165) is 6.42 Å². The molecule has 1 heterocycles. The van der Waals surface area contributed by atoms with E-state index in [1.54, 1.807) is 23.6 Å². The topological polar surface area (TPSA) is 46.6 Å². The van der Waals surface area contributed by atoms with E-state index in [1.807, 2.05) is 6.92 Å². The third-order valence-electron chi connectivity index (χ3n) is 2.23. The number of thioether (sulfide) groups is 1. The summed E-state index contributed by atoms with van der Waals surface area (Å²) in [5.41, 5.74) is 0. The zero-order chi connectivity index (χ0) is 11.3. The molecule has 5 heteroatoms. The SMILES string of the molecule is CCCOC(=O)C1CSCN1C(=O)CC. The lowest BCUT2D eigenvalue weighted by molar-refractivity contribution is -0.152. The van der Waals surface area contributed by atoms with Crippen LogP contribution in [0.25, 0.3) is 0 Å². The van der Waals surface area contributed by atoms with Gasteiger partial charge in [-0.15, -0.1) is 11.8 Å². The molecule has 1 fully saturated rings. The van der Waals surface area contributed by atoms with Crippen molar-refractivity contribution in [3.63, 3.8) is 0 Å². The highest BCUT2D eigenvalue weighted by molar-refractivity contribution is 7.99. The van der Waals surface area contributed by atoms with Crippen molar-refractivity contribution in [1.82, 2.24) is 4.90 Å². The number of esters is 1. The maximum absolute atomic E-state index is 11.6. The highest BCUT2D eigenvalue weighted by Crippen LogP contribution is 2.22. The van der Waals surface area contributed by atoms with Crippen LogP contribution in [0.1, 0.15) is 26.7 Å². The van der Waals surface area contributed by atoms with E-state index in [9.17, 15) is 9.59 Å². The van der Waals surface area contributed by atoms with Crippen LogP contribution < -0.4 is 0 Å². The van der Waals surface area contributed by atoms with E-state index in [1.165, 1.54) is 0 Å². The Morgan fingerprint density at radius 2 is 2.20 bits per heavy atom. The van der Waals surface area contributed by atoms with Gasteiger partial charge in [-0.2, -0.15) is 0 Å². The number of hydrogen-bond acceptors (Lipinski definition) is 4. The van der Waals surface area contributed by atoms with Gasteiger partial charge >= 0.3 is 5.97 Å². The Labute approximate surface area is 94.3 Å². The minimum atomic E-state index is -0.367. The predicted molar refractivity (Wildman–Crippen MR) is 59.5 cm³/mol. The first kappa shape index (κ1) is 12.4. The molecule has 0 radical (unpaired) electrons. The first-order valence-corrected chi connectivity index (χ1v) is 6.40. The predicted octanol–water partition coefficient (Wildman–Crippen LogP) is 1.25. The van der Waals surface area contributed by atoms with Gasteiger partial charge in [0, 0.05) is 12.2 Å². The summed E-state index contributed by atoms with van der Waals surface area (Å²) < 4.78 is 5.05. The number of nitrogens with zero attached hydrogens (tertiary/aromatic N) is 1. The second-order valence-electron chi connectivity index (χ2n) is 3.40. The molecule has 1 saturated heterocycles. The summed E-state index contributed by atoms with van der Waals surface area (Å²) >= 11 is 1.60. The molecule has 0 aromatic rings. The highest BCUT2D eigenvalue weighted by atomic mass is 32.2. The largest absolute Gasteiger partial charge is 0.464 e. The molecular weight excluding hydrogens is 214 g/mol. The van der Waals surface area contributed by atoms with Gasteiger partial charge in [-0.3, -0.25) is 4.79 Å². The summed E-state index contributed by atoms with van der Waals surface area (Å²) in [6.45, 7) is 4.19. The molecule has 15 heavy (non-hydrogen) atoms. The number of hydrogen-bond donors (Lipinski definition) is 0. The van der Waals surface area contributed by atoms with Crippen LogP contribution in [-0.4, -0.2) is 41.1 Å². The van der Waals surface area contributed by atoms with Gasteiger partial charge in [0.1, 0.15) is 6.04 Å². The minimum absolute atomic E-state index is 0.0263. The first-order valence-electron chi connectivity index (χ1n) is 5.24. The second-order valence-corrected chi connectivity index (χ2v) is 4.40. The molecule has 1 unspecified atom stereocenters. The minimum Gasteiger partial charge on any atom is -0.464 e. The van der Waals surface area contributed by atoms with Crippen molar-refractivity contribution in [3.05, 3.63) is 0 Å². The Balaban J connectivity index is 2.52. The van der Waals surface area contributed by atoms with Gasteiger partial charge < -0.3 is 9.64 Å². The Morgan fingerprint density at radius 3 is 2.80 bits per heavy atom.